The smallest absolute Gasteiger partial charge is 0.253 e. The molecule has 3 heterocycles. The lowest BCUT2D eigenvalue weighted by Gasteiger charge is -2.31. The maximum atomic E-state index is 13.8. The summed E-state index contributed by atoms with van der Waals surface area (Å²) in [5.41, 5.74) is 4.27. The number of anilines is 1. The molecule has 172 valence electrons. The summed E-state index contributed by atoms with van der Waals surface area (Å²) in [6.45, 7) is 8.73. The molecule has 0 unspecified atom stereocenters. The number of aromatic amines is 1. The fourth-order valence-corrected chi connectivity index (χ4v) is 7.12. The Morgan fingerprint density at radius 1 is 1.15 bits per heavy atom. The van der Waals surface area contributed by atoms with Gasteiger partial charge in [-0.05, 0) is 41.1 Å². The molecule has 0 saturated carbocycles. The average molecular weight is 490 g/mol. The Morgan fingerprint density at radius 2 is 2.00 bits per heavy atom. The molecule has 2 aromatic carbocycles. The van der Waals surface area contributed by atoms with Crippen LogP contribution in [0.4, 0.5) is 11.4 Å². The molecule has 9 heteroatoms. The number of imidazole rings is 1. The van der Waals surface area contributed by atoms with E-state index in [1.165, 1.54) is 11.3 Å². The van der Waals surface area contributed by atoms with Crippen LogP contribution in [0.15, 0.2) is 82.8 Å². The highest BCUT2D eigenvalue weighted by molar-refractivity contribution is 7.91. The van der Waals surface area contributed by atoms with Crippen molar-refractivity contribution in [2.45, 2.75) is 29.8 Å². The highest BCUT2D eigenvalue weighted by Crippen LogP contribution is 2.35. The summed E-state index contributed by atoms with van der Waals surface area (Å²) < 4.78 is 29.6. The normalized spacial score (nSPS) is 16.6. The average Bonchev–Trinajstić information content (AvgIpc) is 3.55. The number of benzene rings is 2. The second-order valence-electron chi connectivity index (χ2n) is 8.21. The van der Waals surface area contributed by atoms with Gasteiger partial charge in [0.25, 0.3) is 10.0 Å². The maximum absolute atomic E-state index is 13.8. The topological polar surface area (TPSA) is 73.7 Å². The number of nitrogens with zero attached hydrogens (tertiary/aromatic N) is 4. The van der Waals surface area contributed by atoms with Crippen molar-refractivity contribution in [2.24, 2.45) is 0 Å². The Hall–Kier alpha value is -3.45. The van der Waals surface area contributed by atoms with Crippen molar-refractivity contribution in [1.29, 1.82) is 0 Å². The number of H-pyrrole nitrogens is 1. The first-order valence-electron chi connectivity index (χ1n) is 10.9. The predicted molar refractivity (Wildman–Crippen MR) is 133 cm³/mol. The van der Waals surface area contributed by atoms with Crippen molar-refractivity contribution in [3.05, 3.63) is 107 Å². The summed E-state index contributed by atoms with van der Waals surface area (Å²) >= 11 is 1.23. The Balaban J connectivity index is 1.62. The molecule has 1 aliphatic rings. The van der Waals surface area contributed by atoms with E-state index >= 15 is 0 Å². The number of hydrogen-bond donors (Lipinski definition) is 1. The van der Waals surface area contributed by atoms with Gasteiger partial charge in [0.15, 0.2) is 5.69 Å². The Bertz CT molecular complexity index is 1400. The van der Waals surface area contributed by atoms with E-state index in [1.54, 1.807) is 40.4 Å². The van der Waals surface area contributed by atoms with E-state index in [0.29, 0.717) is 29.4 Å². The molecule has 0 aliphatic carbocycles. The minimum absolute atomic E-state index is 0.204. The third kappa shape index (κ3) is 4.48. The van der Waals surface area contributed by atoms with Crippen molar-refractivity contribution in [3.63, 3.8) is 0 Å². The fourth-order valence-electron chi connectivity index (χ4n) is 4.40. The van der Waals surface area contributed by atoms with Crippen molar-refractivity contribution in [3.8, 4) is 0 Å². The first kappa shape index (κ1) is 22.3. The van der Waals surface area contributed by atoms with Gasteiger partial charge in [-0.1, -0.05) is 42.5 Å². The van der Waals surface area contributed by atoms with Gasteiger partial charge in [0.05, 0.1) is 25.1 Å². The molecule has 0 radical (unpaired) electrons. The van der Waals surface area contributed by atoms with Gasteiger partial charge >= 0.3 is 0 Å². The SMILES string of the molecule is [C-]#[N+]c1ccc2c(c1)CN(S(=O)(=O)c1cccs1)[C@H](Cc1ccccc1)CN2Cc1cnc[nH]1. The number of rotatable bonds is 6. The standard InChI is InChI=1S/C25H23N5O2S2/c1-26-21-9-10-24-20(13-21)15-30(34(31,32)25-8-5-11-33-25)23(12-19-6-3-2-4-7-19)17-29(24)16-22-14-27-18-28-22/h2-11,13-14,18,23H,12,15-17H2,(H,27,28)/t23-/m1/s1. The van der Waals surface area contributed by atoms with Crippen LogP contribution in [0.1, 0.15) is 16.8 Å². The Morgan fingerprint density at radius 3 is 2.71 bits per heavy atom. The Labute approximate surface area is 203 Å². The molecule has 7 nitrogen and oxygen atoms in total. The molecule has 1 atom stereocenters. The van der Waals surface area contributed by atoms with Gasteiger partial charge in [-0.3, -0.25) is 0 Å². The van der Waals surface area contributed by atoms with E-state index in [0.717, 1.165) is 22.5 Å². The molecule has 2 aromatic heterocycles. The molecule has 1 N–H and O–H groups in total. The zero-order valence-corrected chi connectivity index (χ0v) is 20.0. The predicted octanol–water partition coefficient (Wildman–Crippen LogP) is 4.84. The molecular formula is C25H23N5O2S2. The lowest BCUT2D eigenvalue weighted by atomic mass is 10.1. The zero-order chi connectivity index (χ0) is 23.5. The van der Waals surface area contributed by atoms with Crippen LogP contribution in [0, 0.1) is 6.57 Å². The summed E-state index contributed by atoms with van der Waals surface area (Å²) in [5.74, 6) is 0. The first-order chi connectivity index (χ1) is 16.5. The summed E-state index contributed by atoms with van der Waals surface area (Å²) in [7, 11) is -3.73. The number of sulfonamides is 1. The third-order valence-corrected chi connectivity index (χ3v) is 9.26. The molecule has 5 rings (SSSR count). The molecule has 0 bridgehead atoms. The minimum atomic E-state index is -3.73. The van der Waals surface area contributed by atoms with Crippen LogP contribution in [0.5, 0.6) is 0 Å². The number of fused-ring (bicyclic) bond motifs is 1. The highest BCUT2D eigenvalue weighted by atomic mass is 32.2. The van der Waals surface area contributed by atoms with Crippen LogP contribution in [-0.2, 0) is 29.5 Å². The summed E-state index contributed by atoms with van der Waals surface area (Å²) in [5, 5.41) is 1.78. The molecular weight excluding hydrogens is 466 g/mol. The molecule has 4 aromatic rings. The third-order valence-electron chi connectivity index (χ3n) is 5.99. The Kier molecular flexibility index (Phi) is 6.20. The second-order valence-corrected chi connectivity index (χ2v) is 11.3. The van der Waals surface area contributed by atoms with E-state index in [4.69, 9.17) is 6.57 Å². The largest absolute Gasteiger partial charge is 0.364 e. The monoisotopic (exact) mass is 489 g/mol. The van der Waals surface area contributed by atoms with Crippen LogP contribution in [-0.4, -0.2) is 35.3 Å². The first-order valence-corrected chi connectivity index (χ1v) is 13.2. The summed E-state index contributed by atoms with van der Waals surface area (Å²) in [6, 6.07) is 18.6. The highest BCUT2D eigenvalue weighted by Gasteiger charge is 2.37. The quantitative estimate of drug-likeness (QED) is 0.393. The summed E-state index contributed by atoms with van der Waals surface area (Å²) in [6.07, 6.45) is 4.00. The second kappa shape index (κ2) is 9.43. The fraction of sp³-hybridized carbons (Fsp3) is 0.200. The van der Waals surface area contributed by atoms with Gasteiger partial charge in [0, 0.05) is 31.0 Å². The van der Waals surface area contributed by atoms with Crippen LogP contribution in [0.3, 0.4) is 0 Å². The summed E-state index contributed by atoms with van der Waals surface area (Å²) in [4.78, 5) is 13.1. The number of hydrogen-bond acceptors (Lipinski definition) is 5. The van der Waals surface area contributed by atoms with Crippen LogP contribution in [0.25, 0.3) is 4.85 Å². The zero-order valence-electron chi connectivity index (χ0n) is 18.3. The van der Waals surface area contributed by atoms with E-state index in [1.807, 2.05) is 42.5 Å². The van der Waals surface area contributed by atoms with Gasteiger partial charge < -0.3 is 9.88 Å². The van der Waals surface area contributed by atoms with Crippen LogP contribution in [0.2, 0.25) is 0 Å². The van der Waals surface area contributed by atoms with Crippen molar-refractivity contribution in [2.75, 3.05) is 11.4 Å². The van der Waals surface area contributed by atoms with Gasteiger partial charge in [0.2, 0.25) is 0 Å². The van der Waals surface area contributed by atoms with Gasteiger partial charge in [-0.15, -0.1) is 11.3 Å². The van der Waals surface area contributed by atoms with Crippen LogP contribution >= 0.6 is 11.3 Å². The molecule has 0 fully saturated rings. The minimum Gasteiger partial charge on any atom is -0.364 e. The molecule has 34 heavy (non-hydrogen) atoms. The van der Waals surface area contributed by atoms with Gasteiger partial charge in [-0.2, -0.15) is 4.31 Å². The lowest BCUT2D eigenvalue weighted by molar-refractivity contribution is 0.318. The number of thiophene rings is 1. The van der Waals surface area contributed by atoms with Gasteiger partial charge in [-0.25, -0.2) is 18.2 Å². The van der Waals surface area contributed by atoms with E-state index < -0.39 is 10.0 Å². The van der Waals surface area contributed by atoms with Crippen molar-refractivity contribution >= 4 is 32.7 Å². The van der Waals surface area contributed by atoms with E-state index in [-0.39, 0.29) is 12.6 Å². The van der Waals surface area contributed by atoms with Crippen molar-refractivity contribution in [1.82, 2.24) is 14.3 Å². The number of aromatic nitrogens is 2. The molecule has 0 saturated heterocycles. The van der Waals surface area contributed by atoms with E-state index in [9.17, 15) is 8.42 Å². The molecule has 1 aliphatic heterocycles. The van der Waals surface area contributed by atoms with E-state index in [2.05, 4.69) is 19.7 Å². The maximum Gasteiger partial charge on any atom is 0.253 e. The number of nitrogens with one attached hydrogen (secondary N) is 1. The van der Waals surface area contributed by atoms with Crippen molar-refractivity contribution < 1.29 is 8.42 Å². The lowest BCUT2D eigenvalue weighted by Crippen LogP contribution is -2.45. The van der Waals surface area contributed by atoms with Gasteiger partial charge in [0.1, 0.15) is 4.21 Å². The molecule has 0 amide bonds. The van der Waals surface area contributed by atoms with Crippen LogP contribution < -0.4 is 4.90 Å². The molecule has 0 spiro atoms.